The monoisotopic (exact) mass is 552 g/mol. The van der Waals surface area contributed by atoms with Crippen LogP contribution in [-0.2, 0) is 0 Å². The summed E-state index contributed by atoms with van der Waals surface area (Å²) >= 11 is 0. The topological polar surface area (TPSA) is 58.4 Å². The molecule has 0 saturated carbocycles. The quantitative estimate of drug-likeness (QED) is 0.227. The second-order valence-electron chi connectivity index (χ2n) is 10.8. The molecule has 218 valence electrons. The molecule has 2 aromatic carbocycles. The minimum atomic E-state index is -0.0226. The van der Waals surface area contributed by atoms with Crippen LogP contribution >= 0.6 is 0 Å². The van der Waals surface area contributed by atoms with Gasteiger partial charge in [-0.3, -0.25) is 9.79 Å². The van der Waals surface area contributed by atoms with Gasteiger partial charge in [-0.05, 0) is 65.0 Å². The van der Waals surface area contributed by atoms with Gasteiger partial charge in [0.25, 0.3) is 0 Å². The number of aliphatic imine (C=N–C) groups is 1. The summed E-state index contributed by atoms with van der Waals surface area (Å²) < 4.78 is 1.97. The number of benzene rings is 2. The fourth-order valence-electron chi connectivity index (χ4n) is 3.82. The summed E-state index contributed by atoms with van der Waals surface area (Å²) in [7, 11) is 1.81. The predicted molar refractivity (Wildman–Crippen MR) is 181 cm³/mol. The van der Waals surface area contributed by atoms with E-state index in [0.717, 1.165) is 28.5 Å². The van der Waals surface area contributed by atoms with Gasteiger partial charge in [0.15, 0.2) is 5.43 Å². The summed E-state index contributed by atoms with van der Waals surface area (Å²) in [5.74, 6) is 0.675. The summed E-state index contributed by atoms with van der Waals surface area (Å²) in [6.07, 6.45) is 7.17. The Morgan fingerprint density at radius 3 is 1.88 bits per heavy atom. The number of nitrogens with one attached hydrogen (secondary N) is 2. The van der Waals surface area contributed by atoms with E-state index in [0.29, 0.717) is 11.4 Å². The van der Waals surface area contributed by atoms with Crippen LogP contribution in [0.5, 0.6) is 0 Å². The van der Waals surface area contributed by atoms with Gasteiger partial charge < -0.3 is 15.2 Å². The van der Waals surface area contributed by atoms with Crippen molar-refractivity contribution in [1.82, 2.24) is 9.88 Å². The van der Waals surface area contributed by atoms with E-state index in [2.05, 4.69) is 94.2 Å². The van der Waals surface area contributed by atoms with Gasteiger partial charge in [-0.25, -0.2) is 0 Å². The number of nitrogens with zero attached hydrogens (tertiary/aromatic N) is 2. The minimum absolute atomic E-state index is 0.0200. The molecule has 0 aliphatic heterocycles. The molecule has 0 spiro atoms. The number of rotatable bonds is 7. The Morgan fingerprint density at radius 2 is 1.44 bits per heavy atom. The molecule has 0 aliphatic rings. The number of hydrogen-bond donors (Lipinski definition) is 2. The van der Waals surface area contributed by atoms with Crippen LogP contribution in [0.3, 0.4) is 0 Å². The van der Waals surface area contributed by atoms with E-state index in [1.807, 2.05) is 55.7 Å². The summed E-state index contributed by atoms with van der Waals surface area (Å²) in [6.45, 7) is 27.6. The van der Waals surface area contributed by atoms with Crippen LogP contribution in [0.1, 0.15) is 57.0 Å². The van der Waals surface area contributed by atoms with Crippen molar-refractivity contribution < 1.29 is 0 Å². The van der Waals surface area contributed by atoms with Crippen molar-refractivity contribution in [2.24, 2.45) is 10.4 Å². The number of pyridine rings is 1. The maximum atomic E-state index is 11.9. The molecule has 3 aromatic rings. The number of allylic oxidation sites excluding steroid dienone is 3. The normalized spacial score (nSPS) is 11.2. The molecule has 41 heavy (non-hydrogen) atoms. The Labute approximate surface area is 247 Å². The molecule has 0 unspecified atom stereocenters. The molecule has 0 radical (unpaired) electrons. The zero-order valence-corrected chi connectivity index (χ0v) is 26.4. The van der Waals surface area contributed by atoms with Crippen LogP contribution in [0.2, 0.25) is 0 Å². The lowest BCUT2D eigenvalue weighted by atomic mass is 9.89. The summed E-state index contributed by atoms with van der Waals surface area (Å²) in [5.41, 5.74) is 7.93. The number of aryl methyl sites for hydroxylation is 2. The van der Waals surface area contributed by atoms with Crippen LogP contribution in [0.25, 0.3) is 11.8 Å². The second-order valence-corrected chi connectivity index (χ2v) is 10.8. The summed E-state index contributed by atoms with van der Waals surface area (Å²) in [4.78, 5) is 16.3. The molecule has 0 saturated heterocycles. The molecular formula is C36H48N4O. The van der Waals surface area contributed by atoms with Gasteiger partial charge in [0.05, 0.1) is 5.82 Å². The third-order valence-electron chi connectivity index (χ3n) is 5.97. The first-order valence-electron chi connectivity index (χ1n) is 13.7. The third kappa shape index (κ3) is 11.7. The average Bonchev–Trinajstić information content (AvgIpc) is 2.90. The number of hydrogen-bond acceptors (Lipinski definition) is 4. The van der Waals surface area contributed by atoms with Crippen molar-refractivity contribution in [2.75, 3.05) is 12.4 Å². The smallest absolute Gasteiger partial charge is 0.189 e. The van der Waals surface area contributed by atoms with Crippen LogP contribution in [0, 0.1) is 26.2 Å². The molecule has 0 amide bonds. The molecule has 0 aliphatic carbocycles. The van der Waals surface area contributed by atoms with Gasteiger partial charge in [-0.1, -0.05) is 81.5 Å². The molecule has 5 nitrogen and oxygen atoms in total. The molecular weight excluding hydrogens is 504 g/mol. The van der Waals surface area contributed by atoms with Crippen LogP contribution in [0.15, 0.2) is 114 Å². The second kappa shape index (κ2) is 16.7. The lowest BCUT2D eigenvalue weighted by molar-refractivity contribution is 0.592. The SMILES string of the molecule is C=CC.C=Cc1c(C)n(-c2ccc(NC(=C)N/C(C)=C/C(=NC)C(C)(C)C)cc2)ccc1=O.Cc1ccc(C)cc1. The molecule has 5 heteroatoms. The molecule has 0 bridgehead atoms. The molecule has 0 fully saturated rings. The maximum absolute atomic E-state index is 11.9. The van der Waals surface area contributed by atoms with E-state index in [-0.39, 0.29) is 10.8 Å². The molecule has 3 rings (SSSR count). The van der Waals surface area contributed by atoms with Crippen molar-refractivity contribution in [3.63, 3.8) is 0 Å². The van der Waals surface area contributed by atoms with Crippen molar-refractivity contribution in [1.29, 1.82) is 0 Å². The molecule has 2 N–H and O–H groups in total. The Hall–Kier alpha value is -4.38. The Balaban J connectivity index is 0.000000638. The largest absolute Gasteiger partial charge is 0.346 e. The van der Waals surface area contributed by atoms with Crippen LogP contribution < -0.4 is 16.1 Å². The lowest BCUT2D eigenvalue weighted by Gasteiger charge is -2.20. The van der Waals surface area contributed by atoms with E-state index < -0.39 is 0 Å². The van der Waals surface area contributed by atoms with Crippen LogP contribution in [-0.4, -0.2) is 17.3 Å². The van der Waals surface area contributed by atoms with E-state index >= 15 is 0 Å². The average molecular weight is 553 g/mol. The molecule has 1 heterocycles. The van der Waals surface area contributed by atoms with Gasteiger partial charge in [0.1, 0.15) is 0 Å². The van der Waals surface area contributed by atoms with Gasteiger partial charge >= 0.3 is 0 Å². The third-order valence-corrected chi connectivity index (χ3v) is 5.97. The Bertz CT molecular complexity index is 1390. The van der Waals surface area contributed by atoms with Gasteiger partial charge in [-0.2, -0.15) is 0 Å². The summed E-state index contributed by atoms with van der Waals surface area (Å²) in [5, 5.41) is 6.53. The lowest BCUT2D eigenvalue weighted by Crippen LogP contribution is -2.22. The predicted octanol–water partition coefficient (Wildman–Crippen LogP) is 8.78. The number of anilines is 1. The first kappa shape index (κ1) is 34.6. The Morgan fingerprint density at radius 1 is 0.927 bits per heavy atom. The van der Waals surface area contributed by atoms with E-state index in [9.17, 15) is 4.79 Å². The first-order valence-corrected chi connectivity index (χ1v) is 13.7. The number of aromatic nitrogens is 1. The van der Waals surface area contributed by atoms with Gasteiger partial charge in [0.2, 0.25) is 0 Å². The van der Waals surface area contributed by atoms with Gasteiger partial charge in [0, 0.05) is 58.8 Å². The van der Waals surface area contributed by atoms with Crippen molar-refractivity contribution >= 4 is 17.5 Å². The highest BCUT2D eigenvalue weighted by Gasteiger charge is 2.16. The summed E-state index contributed by atoms with van der Waals surface area (Å²) in [6, 6.07) is 18.0. The van der Waals surface area contributed by atoms with E-state index in [1.54, 1.807) is 31.5 Å². The fourth-order valence-corrected chi connectivity index (χ4v) is 3.82. The zero-order valence-electron chi connectivity index (χ0n) is 26.4. The zero-order chi connectivity index (χ0) is 31.2. The van der Waals surface area contributed by atoms with Crippen molar-refractivity contribution in [3.8, 4) is 5.69 Å². The highest BCUT2D eigenvalue weighted by atomic mass is 16.1. The van der Waals surface area contributed by atoms with E-state index in [4.69, 9.17) is 0 Å². The molecule has 1 aromatic heterocycles. The van der Waals surface area contributed by atoms with Crippen molar-refractivity contribution in [2.45, 2.75) is 55.4 Å². The van der Waals surface area contributed by atoms with Crippen LogP contribution in [0.4, 0.5) is 5.69 Å². The minimum Gasteiger partial charge on any atom is -0.346 e. The fraction of sp³-hybridized carbons (Fsp3) is 0.278. The molecule has 0 atom stereocenters. The standard InChI is InChI=1S/C25H32N4O.C8H10.C3H6/c1-9-22-18(3)29(15-14-23(22)30)21-12-10-20(11-13-21)28-19(4)27-17(2)16-24(26-8)25(5,6)7;1-7-3-5-8(2)6-4-7;1-3-2/h9-16,27-28H,1,4H2,2-3,5-8H3;3-6H,1-2H3;3H,1H2,2H3/b17-16+,26-24?;;. The van der Waals surface area contributed by atoms with Gasteiger partial charge in [-0.15, -0.1) is 6.58 Å². The highest BCUT2D eigenvalue weighted by Crippen LogP contribution is 2.19. The van der Waals surface area contributed by atoms with Crippen molar-refractivity contribution in [3.05, 3.63) is 137 Å². The highest BCUT2D eigenvalue weighted by molar-refractivity contribution is 5.99. The maximum Gasteiger partial charge on any atom is 0.189 e. The Kier molecular flexibility index (Phi) is 14.1. The first-order chi connectivity index (χ1) is 19.3. The van der Waals surface area contributed by atoms with E-state index in [1.165, 1.54) is 11.1 Å².